The second kappa shape index (κ2) is 3.63. The van der Waals surface area contributed by atoms with Gasteiger partial charge in [-0.2, -0.15) is 0 Å². The van der Waals surface area contributed by atoms with Gasteiger partial charge in [-0.05, 0) is 43.3 Å². The zero-order valence-corrected chi connectivity index (χ0v) is 10.1. The average molecular weight is 226 g/mol. The minimum Gasteiger partial charge on any atom is -0.368 e. The van der Waals surface area contributed by atoms with Gasteiger partial charge in [-0.1, -0.05) is 13.8 Å². The molecule has 0 bridgehead atoms. The van der Waals surface area contributed by atoms with Crippen LogP contribution in [0, 0.1) is 10.2 Å². The van der Waals surface area contributed by atoms with Crippen molar-refractivity contribution < 1.29 is 0 Å². The summed E-state index contributed by atoms with van der Waals surface area (Å²) in [6, 6.07) is 0.435. The van der Waals surface area contributed by atoms with E-state index in [1.807, 2.05) is 4.57 Å². The van der Waals surface area contributed by atoms with Gasteiger partial charge in [0.1, 0.15) is 0 Å². The molecule has 4 nitrogen and oxygen atoms in total. The molecule has 15 heavy (non-hydrogen) atoms. The second-order valence-electron chi connectivity index (χ2n) is 5.15. The van der Waals surface area contributed by atoms with E-state index >= 15 is 0 Å². The summed E-state index contributed by atoms with van der Waals surface area (Å²) in [5.41, 5.74) is 6.26. The monoisotopic (exact) mass is 226 g/mol. The molecule has 0 unspecified atom stereocenters. The summed E-state index contributed by atoms with van der Waals surface area (Å²) in [7, 11) is 0. The van der Waals surface area contributed by atoms with Gasteiger partial charge in [-0.3, -0.25) is 4.57 Å². The van der Waals surface area contributed by atoms with Gasteiger partial charge in [-0.15, -0.1) is 5.10 Å². The third-order valence-corrected chi connectivity index (χ3v) is 3.69. The van der Waals surface area contributed by atoms with E-state index in [1.165, 1.54) is 12.8 Å². The molecule has 5 heteroatoms. The molecular weight excluding hydrogens is 208 g/mol. The molecule has 1 aromatic heterocycles. The average Bonchev–Trinajstić information content (AvgIpc) is 2.48. The molecule has 0 aromatic carbocycles. The summed E-state index contributed by atoms with van der Waals surface area (Å²) in [5, 5.41) is 6.70. The number of H-pyrrole nitrogens is 1. The SMILES string of the molecule is CC1(C)CCC(n2c(N)n[nH]c2=S)CC1. The van der Waals surface area contributed by atoms with Gasteiger partial charge in [0.25, 0.3) is 0 Å². The summed E-state index contributed by atoms with van der Waals surface area (Å²) in [6.45, 7) is 4.64. The largest absolute Gasteiger partial charge is 0.368 e. The van der Waals surface area contributed by atoms with Gasteiger partial charge in [0.15, 0.2) is 4.77 Å². The summed E-state index contributed by atoms with van der Waals surface area (Å²) in [5.74, 6) is 0.518. The summed E-state index contributed by atoms with van der Waals surface area (Å²) >= 11 is 5.18. The second-order valence-corrected chi connectivity index (χ2v) is 5.54. The molecule has 2 rings (SSSR count). The number of rotatable bonds is 1. The Kier molecular flexibility index (Phi) is 2.58. The highest BCUT2D eigenvalue weighted by Crippen LogP contribution is 2.40. The molecule has 0 spiro atoms. The first-order chi connectivity index (χ1) is 6.99. The fourth-order valence-corrected chi connectivity index (χ4v) is 2.60. The van der Waals surface area contributed by atoms with Gasteiger partial charge in [0.2, 0.25) is 5.95 Å². The van der Waals surface area contributed by atoms with E-state index in [9.17, 15) is 0 Å². The van der Waals surface area contributed by atoms with Crippen molar-refractivity contribution in [2.75, 3.05) is 5.73 Å². The van der Waals surface area contributed by atoms with Crippen molar-refractivity contribution in [3.05, 3.63) is 4.77 Å². The number of aromatic nitrogens is 3. The Morgan fingerprint density at radius 1 is 1.47 bits per heavy atom. The predicted molar refractivity (Wildman–Crippen MR) is 63.1 cm³/mol. The van der Waals surface area contributed by atoms with Crippen LogP contribution in [0.3, 0.4) is 0 Å². The Hall–Kier alpha value is -0.840. The fraction of sp³-hybridized carbons (Fsp3) is 0.800. The van der Waals surface area contributed by atoms with Crippen molar-refractivity contribution in [3.63, 3.8) is 0 Å². The molecule has 1 fully saturated rings. The number of anilines is 1. The van der Waals surface area contributed by atoms with Crippen molar-refractivity contribution in [3.8, 4) is 0 Å². The number of nitrogen functional groups attached to an aromatic ring is 1. The van der Waals surface area contributed by atoms with Crippen LogP contribution in [-0.4, -0.2) is 14.8 Å². The molecule has 1 heterocycles. The highest BCUT2D eigenvalue weighted by atomic mass is 32.1. The third kappa shape index (κ3) is 2.07. The lowest BCUT2D eigenvalue weighted by atomic mass is 9.75. The first-order valence-corrected chi connectivity index (χ1v) is 5.83. The van der Waals surface area contributed by atoms with E-state index < -0.39 is 0 Å². The van der Waals surface area contributed by atoms with E-state index in [1.54, 1.807) is 0 Å². The van der Waals surface area contributed by atoms with E-state index in [2.05, 4.69) is 24.0 Å². The van der Waals surface area contributed by atoms with Crippen LogP contribution >= 0.6 is 12.2 Å². The normalized spacial score (nSPS) is 21.7. The van der Waals surface area contributed by atoms with E-state index in [0.717, 1.165) is 12.8 Å². The van der Waals surface area contributed by atoms with Crippen molar-refractivity contribution in [1.29, 1.82) is 0 Å². The molecule has 0 radical (unpaired) electrons. The lowest BCUT2D eigenvalue weighted by molar-refractivity contribution is 0.194. The highest BCUT2D eigenvalue weighted by molar-refractivity contribution is 7.71. The number of nitrogens with two attached hydrogens (primary N) is 1. The van der Waals surface area contributed by atoms with Crippen LogP contribution in [0.5, 0.6) is 0 Å². The molecule has 0 atom stereocenters. The van der Waals surface area contributed by atoms with Crippen molar-refractivity contribution in [2.45, 2.75) is 45.6 Å². The van der Waals surface area contributed by atoms with Crippen molar-refractivity contribution >= 4 is 18.2 Å². The predicted octanol–water partition coefficient (Wildman–Crippen LogP) is 2.66. The van der Waals surface area contributed by atoms with Gasteiger partial charge in [0, 0.05) is 6.04 Å². The lowest BCUT2D eigenvalue weighted by Gasteiger charge is -2.34. The zero-order chi connectivity index (χ0) is 11.1. The zero-order valence-electron chi connectivity index (χ0n) is 9.29. The van der Waals surface area contributed by atoms with Gasteiger partial charge < -0.3 is 5.73 Å². The Labute approximate surface area is 94.9 Å². The number of aromatic amines is 1. The Morgan fingerprint density at radius 2 is 2.07 bits per heavy atom. The van der Waals surface area contributed by atoms with E-state index in [0.29, 0.717) is 22.2 Å². The van der Waals surface area contributed by atoms with E-state index in [4.69, 9.17) is 18.0 Å². The topological polar surface area (TPSA) is 59.6 Å². The van der Waals surface area contributed by atoms with E-state index in [-0.39, 0.29) is 0 Å². The fourth-order valence-electron chi connectivity index (χ4n) is 2.31. The minimum atomic E-state index is 0.435. The van der Waals surface area contributed by atoms with Crippen molar-refractivity contribution in [1.82, 2.24) is 14.8 Å². The Morgan fingerprint density at radius 3 is 2.53 bits per heavy atom. The molecule has 1 aliphatic rings. The Bertz CT molecular complexity index is 394. The molecule has 84 valence electrons. The van der Waals surface area contributed by atoms with Crippen LogP contribution in [0.15, 0.2) is 0 Å². The quantitative estimate of drug-likeness (QED) is 0.724. The number of nitrogens with one attached hydrogen (secondary N) is 1. The summed E-state index contributed by atoms with van der Waals surface area (Å²) in [4.78, 5) is 0. The Balaban J connectivity index is 2.18. The lowest BCUT2D eigenvalue weighted by Crippen LogP contribution is -2.24. The molecule has 0 amide bonds. The van der Waals surface area contributed by atoms with Crippen LogP contribution in [0.4, 0.5) is 5.95 Å². The highest BCUT2D eigenvalue weighted by Gasteiger charge is 2.28. The maximum Gasteiger partial charge on any atom is 0.220 e. The van der Waals surface area contributed by atoms with Crippen LogP contribution in [-0.2, 0) is 0 Å². The molecular formula is C10H18N4S. The summed E-state index contributed by atoms with van der Waals surface area (Å²) < 4.78 is 2.61. The molecule has 1 saturated carbocycles. The standard InChI is InChI=1S/C10H18N4S/c1-10(2)5-3-7(4-6-10)14-8(11)12-13-9(14)15/h7H,3-6H2,1-2H3,(H2,11,12)(H,13,15). The van der Waals surface area contributed by atoms with Crippen molar-refractivity contribution in [2.24, 2.45) is 5.41 Å². The van der Waals surface area contributed by atoms with Crippen LogP contribution in [0.2, 0.25) is 0 Å². The third-order valence-electron chi connectivity index (χ3n) is 3.41. The maximum atomic E-state index is 5.79. The molecule has 1 aliphatic carbocycles. The van der Waals surface area contributed by atoms with Crippen LogP contribution in [0.25, 0.3) is 0 Å². The van der Waals surface area contributed by atoms with Crippen LogP contribution in [0.1, 0.15) is 45.6 Å². The maximum absolute atomic E-state index is 5.79. The number of hydrogen-bond acceptors (Lipinski definition) is 3. The smallest absolute Gasteiger partial charge is 0.220 e. The molecule has 1 aromatic rings. The first-order valence-electron chi connectivity index (χ1n) is 5.42. The number of nitrogens with zero attached hydrogens (tertiary/aromatic N) is 2. The van der Waals surface area contributed by atoms with Gasteiger partial charge in [0.05, 0.1) is 0 Å². The van der Waals surface area contributed by atoms with Gasteiger partial charge >= 0.3 is 0 Å². The van der Waals surface area contributed by atoms with Gasteiger partial charge in [-0.25, -0.2) is 5.10 Å². The summed E-state index contributed by atoms with van der Waals surface area (Å²) in [6.07, 6.45) is 4.74. The minimum absolute atomic E-state index is 0.435. The molecule has 3 N–H and O–H groups in total. The van der Waals surface area contributed by atoms with Crippen LogP contribution < -0.4 is 5.73 Å². The molecule has 0 saturated heterocycles. The number of hydrogen-bond donors (Lipinski definition) is 2. The molecule has 0 aliphatic heterocycles. The first kappa shape index (κ1) is 10.7.